The van der Waals surface area contributed by atoms with E-state index in [9.17, 15) is 59.4 Å². The van der Waals surface area contributed by atoms with Gasteiger partial charge in [-0.25, -0.2) is 0 Å². The van der Waals surface area contributed by atoms with Crippen molar-refractivity contribution in [3.63, 3.8) is 0 Å². The Labute approximate surface area is 389 Å². The third kappa shape index (κ3) is 27.0. The molecule has 6 aromatic rings. The summed E-state index contributed by atoms with van der Waals surface area (Å²) >= 11 is 0. The molecule has 6 rings (SSSR count). The van der Waals surface area contributed by atoms with Gasteiger partial charge in [0, 0.05) is 0 Å². The zero-order chi connectivity index (χ0) is 40.1. The van der Waals surface area contributed by atoms with Crippen LogP contribution in [0.15, 0.2) is 182 Å². The molecule has 0 bridgehead atoms. The van der Waals surface area contributed by atoms with Crippen LogP contribution in [0.3, 0.4) is 0 Å². The molecule has 0 unspecified atom stereocenters. The molecule has 0 N–H and O–H groups in total. The van der Waals surface area contributed by atoms with Gasteiger partial charge in [-0.15, -0.1) is 0 Å². The number of hydrogen-bond donors (Lipinski definition) is 0. The van der Waals surface area contributed by atoms with E-state index in [0.29, 0.717) is 0 Å². The van der Waals surface area contributed by atoms with E-state index in [-0.39, 0.29) is 116 Å². The van der Waals surface area contributed by atoms with Crippen molar-refractivity contribution in [3.8, 4) is 0 Å². The quantitative estimate of drug-likeness (QED) is 0.199. The normalized spacial score (nSPS) is 8.42. The molecular weight excluding hydrogens is 956 g/mol. The summed E-state index contributed by atoms with van der Waals surface area (Å²) in [5.41, 5.74) is 1.32. The summed E-state index contributed by atoms with van der Waals surface area (Å²) in [4.78, 5) is 60.5. The van der Waals surface area contributed by atoms with Crippen molar-refractivity contribution in [2.45, 2.75) is 0 Å². The van der Waals surface area contributed by atoms with Crippen LogP contribution in [0.2, 0.25) is 0 Å². The molecule has 15 heteroatoms. The Balaban J connectivity index is -0.000000607. The van der Waals surface area contributed by atoms with Gasteiger partial charge in [0.25, 0.3) is 0 Å². The van der Waals surface area contributed by atoms with Gasteiger partial charge in [-0.3, -0.25) is 0 Å². The topological polar surface area (TPSA) is 241 Å². The molecule has 6 aromatic carbocycles. The van der Waals surface area contributed by atoms with E-state index in [4.69, 9.17) is 0 Å². The van der Waals surface area contributed by atoms with E-state index in [1.54, 1.807) is 109 Å². The average molecular weight is 986 g/mol. The fraction of sp³-hybridized carbons (Fsp3) is 0. The van der Waals surface area contributed by atoms with E-state index < -0.39 is 35.8 Å². The number of benzene rings is 6. The Hall–Kier alpha value is -5.28. The molecule has 0 spiro atoms. The maximum Gasteiger partial charge on any atom is 2.00 e. The van der Waals surface area contributed by atoms with Crippen LogP contribution in [0.4, 0.5) is 0 Å². The van der Waals surface area contributed by atoms with Crippen LogP contribution >= 0.6 is 0 Å². The molecule has 0 aliphatic heterocycles. The predicted octanol–water partition coefficient (Wildman–Crippen LogP) is -0.0852. The molecule has 0 aliphatic carbocycles. The van der Waals surface area contributed by atoms with Gasteiger partial charge in [0.1, 0.15) is 0 Å². The molecule has 0 fully saturated rings. The van der Waals surface area contributed by atoms with Gasteiger partial charge in [0.05, 0.1) is 35.8 Å². The second-order valence-corrected chi connectivity index (χ2v) is 9.92. The molecule has 0 amide bonds. The van der Waals surface area contributed by atoms with Gasteiger partial charge in [-0.1, -0.05) is 182 Å². The van der Waals surface area contributed by atoms with E-state index in [0.717, 1.165) is 0 Å². The molecular formula is C42H30BaCuNiO12. The third-order valence-electron chi connectivity index (χ3n) is 6.06. The molecule has 0 saturated carbocycles. The van der Waals surface area contributed by atoms with Crippen molar-refractivity contribution in [1.82, 2.24) is 0 Å². The Kier molecular flexibility index (Phi) is 33.4. The molecule has 293 valence electrons. The molecule has 1 radical (unpaired) electrons. The average Bonchev–Trinajstić information content (AvgIpc) is 3.21. The van der Waals surface area contributed by atoms with Gasteiger partial charge in [0.15, 0.2) is 0 Å². The van der Waals surface area contributed by atoms with E-state index >= 15 is 0 Å². The number of carbonyl (C=O) groups excluding carboxylic acids is 6. The molecule has 57 heavy (non-hydrogen) atoms. The summed E-state index contributed by atoms with van der Waals surface area (Å²) in [5.74, 6) is -6.77. The minimum atomic E-state index is -1.13. The number of hydrogen-bond acceptors (Lipinski definition) is 12. The summed E-state index contributed by atoms with van der Waals surface area (Å²) in [6, 6.07) is 48.4. The van der Waals surface area contributed by atoms with Gasteiger partial charge < -0.3 is 59.4 Å². The van der Waals surface area contributed by atoms with E-state index in [2.05, 4.69) is 0 Å². The van der Waals surface area contributed by atoms with Crippen molar-refractivity contribution >= 4 is 84.7 Å². The summed E-state index contributed by atoms with van der Waals surface area (Å²) < 4.78 is 0. The van der Waals surface area contributed by atoms with Crippen LogP contribution in [0.25, 0.3) is 0 Å². The molecule has 0 saturated heterocycles. The Morgan fingerprint density at radius 1 is 0.246 bits per heavy atom. The Bertz CT molecular complexity index is 1630. The first-order valence-corrected chi connectivity index (χ1v) is 15.4. The smallest absolute Gasteiger partial charge is 0.545 e. The third-order valence-corrected chi connectivity index (χ3v) is 6.06. The zero-order valence-electron chi connectivity index (χ0n) is 29.5. The zero-order valence-corrected chi connectivity index (χ0v) is 35.9. The fourth-order valence-corrected chi connectivity index (χ4v) is 3.45. The SMILES string of the molecule is O=C([O-])c1ccccc1.O=C([O-])c1ccccc1.O=C([O-])c1ccccc1.O=C([O-])c1ccccc1.O=C([O-])c1ccccc1.O=C([O-])c1ccccc1.[Ba+2].[Cu+2].[Ni+2]. The summed E-state index contributed by atoms with van der Waals surface area (Å²) in [6.07, 6.45) is 0. The molecule has 0 heterocycles. The molecule has 0 aliphatic rings. The summed E-state index contributed by atoms with van der Waals surface area (Å²) in [7, 11) is 0. The van der Waals surface area contributed by atoms with E-state index in [1.165, 1.54) is 72.8 Å². The van der Waals surface area contributed by atoms with Crippen LogP contribution in [0, 0.1) is 0 Å². The van der Waals surface area contributed by atoms with Gasteiger partial charge in [0.2, 0.25) is 0 Å². The molecule has 12 nitrogen and oxygen atoms in total. The van der Waals surface area contributed by atoms with Crippen molar-refractivity contribution in [2.24, 2.45) is 0 Å². The van der Waals surface area contributed by atoms with Crippen LogP contribution in [0.5, 0.6) is 0 Å². The first-order valence-electron chi connectivity index (χ1n) is 15.4. The Morgan fingerprint density at radius 3 is 0.386 bits per heavy atom. The first-order chi connectivity index (χ1) is 25.8. The Morgan fingerprint density at radius 2 is 0.333 bits per heavy atom. The maximum atomic E-state index is 10.1. The van der Waals surface area contributed by atoms with E-state index in [1.807, 2.05) is 0 Å². The van der Waals surface area contributed by atoms with Crippen LogP contribution in [0.1, 0.15) is 62.1 Å². The molecule has 0 atom stereocenters. The monoisotopic (exact) mass is 985 g/mol. The summed E-state index contributed by atoms with van der Waals surface area (Å²) in [5, 5.41) is 60.5. The van der Waals surface area contributed by atoms with Gasteiger partial charge in [-0.05, 0) is 33.4 Å². The summed E-state index contributed by atoms with van der Waals surface area (Å²) in [6.45, 7) is 0. The van der Waals surface area contributed by atoms with Gasteiger partial charge >= 0.3 is 82.4 Å². The minimum Gasteiger partial charge on any atom is -0.545 e. The fourth-order valence-electron chi connectivity index (χ4n) is 3.45. The van der Waals surface area contributed by atoms with Crippen molar-refractivity contribution in [3.05, 3.63) is 215 Å². The van der Waals surface area contributed by atoms with Crippen LogP contribution < -0.4 is 30.6 Å². The standard InChI is InChI=1S/6C7H6O2.Ba.Cu.Ni/c6*8-7(9)6-4-2-1-3-5-6;;;/h6*1-5H,(H,8,9);;;/q;;;;;;3*+2/p-6. The van der Waals surface area contributed by atoms with Crippen LogP contribution in [-0.4, -0.2) is 84.7 Å². The first kappa shape index (κ1) is 56.1. The second-order valence-electron chi connectivity index (χ2n) is 9.92. The number of aromatic carboxylic acids is 6. The maximum absolute atomic E-state index is 10.1. The van der Waals surface area contributed by atoms with Crippen molar-refractivity contribution in [1.29, 1.82) is 0 Å². The van der Waals surface area contributed by atoms with Gasteiger partial charge in [-0.2, -0.15) is 0 Å². The predicted molar refractivity (Wildman–Crippen MR) is 190 cm³/mol. The molecule has 0 aromatic heterocycles. The second kappa shape index (κ2) is 34.0. The van der Waals surface area contributed by atoms with Crippen molar-refractivity contribution < 1.29 is 93.0 Å². The van der Waals surface area contributed by atoms with Crippen LogP contribution in [-0.2, 0) is 33.6 Å². The number of carboxylic acids is 6. The minimum absolute atomic E-state index is 0. The largest absolute Gasteiger partial charge is 2.00 e. The number of carbonyl (C=O) groups is 6. The van der Waals surface area contributed by atoms with Crippen molar-refractivity contribution in [2.75, 3.05) is 0 Å². The number of carboxylic acid groups (broad SMARTS) is 6. The number of rotatable bonds is 6.